The van der Waals surface area contributed by atoms with Crippen molar-refractivity contribution in [1.82, 2.24) is 19.7 Å². The number of hydrogen-bond donors (Lipinski definition) is 1. The first-order chi connectivity index (χ1) is 8.77. The zero-order valence-electron chi connectivity index (χ0n) is 9.19. The second kappa shape index (κ2) is 3.92. The summed E-state index contributed by atoms with van der Waals surface area (Å²) in [7, 11) is 0. The summed E-state index contributed by atoms with van der Waals surface area (Å²) in [4.78, 5) is 18.9. The summed E-state index contributed by atoms with van der Waals surface area (Å²) in [6.07, 6.45) is 4.24. The molecule has 1 N–H and O–H groups in total. The van der Waals surface area contributed by atoms with Crippen molar-refractivity contribution in [1.29, 1.82) is 0 Å². The summed E-state index contributed by atoms with van der Waals surface area (Å²) < 4.78 is 1.50. The maximum absolute atomic E-state index is 11.1. The Morgan fingerprint density at radius 2 is 2.06 bits per heavy atom. The molecule has 0 atom stereocenters. The third kappa shape index (κ3) is 1.51. The molecule has 1 aromatic carbocycles. The van der Waals surface area contributed by atoms with Crippen molar-refractivity contribution >= 4 is 16.9 Å². The second-order valence-corrected chi connectivity index (χ2v) is 3.68. The van der Waals surface area contributed by atoms with E-state index in [1.807, 2.05) is 24.3 Å². The molecular weight excluding hydrogens is 232 g/mol. The largest absolute Gasteiger partial charge is 0.477 e. The Balaban J connectivity index is 2.30. The summed E-state index contributed by atoms with van der Waals surface area (Å²) in [6, 6.07) is 7.52. The van der Waals surface area contributed by atoms with Gasteiger partial charge in [0.1, 0.15) is 11.9 Å². The van der Waals surface area contributed by atoms with Crippen LogP contribution in [0.3, 0.4) is 0 Å². The lowest BCUT2D eigenvalue weighted by atomic mass is 10.2. The second-order valence-electron chi connectivity index (χ2n) is 3.68. The summed E-state index contributed by atoms with van der Waals surface area (Å²) in [5.41, 5.74) is 0.824. The Hall–Kier alpha value is -2.76. The summed E-state index contributed by atoms with van der Waals surface area (Å²) >= 11 is 0. The van der Waals surface area contributed by atoms with Crippen molar-refractivity contribution in [2.75, 3.05) is 0 Å². The van der Waals surface area contributed by atoms with Crippen LogP contribution in [0, 0.1) is 0 Å². The van der Waals surface area contributed by atoms with E-state index in [4.69, 9.17) is 5.11 Å². The van der Waals surface area contributed by atoms with Crippen LogP contribution in [-0.4, -0.2) is 30.8 Å². The quantitative estimate of drug-likeness (QED) is 0.734. The lowest BCUT2D eigenvalue weighted by Gasteiger charge is -2.05. The van der Waals surface area contributed by atoms with Crippen molar-refractivity contribution in [2.45, 2.75) is 0 Å². The number of rotatable bonds is 2. The van der Waals surface area contributed by atoms with Crippen LogP contribution in [0.25, 0.3) is 16.7 Å². The number of carboxylic acid groups (broad SMARTS) is 1. The number of hydrogen-bond acceptors (Lipinski definition) is 4. The minimum absolute atomic E-state index is 0.0198. The summed E-state index contributed by atoms with van der Waals surface area (Å²) in [5.74, 6) is -0.816. The molecule has 6 heteroatoms. The standard InChI is InChI=1S/C12H8N4O2/c17-12(18)9-6-13-7-14-11(9)16-10-4-2-1-3-8(10)5-15-16/h1-7H,(H,17,18). The van der Waals surface area contributed by atoms with Gasteiger partial charge in [0.15, 0.2) is 5.82 Å². The number of aromatic nitrogens is 4. The minimum Gasteiger partial charge on any atom is -0.477 e. The SMILES string of the molecule is O=C(O)c1cncnc1-n1ncc2ccccc21. The molecule has 0 aliphatic rings. The van der Waals surface area contributed by atoms with Crippen molar-refractivity contribution in [3.63, 3.8) is 0 Å². The molecule has 0 bridgehead atoms. The highest BCUT2D eigenvalue weighted by atomic mass is 16.4. The molecular formula is C12H8N4O2. The van der Waals surface area contributed by atoms with Crippen LogP contribution < -0.4 is 0 Å². The zero-order valence-corrected chi connectivity index (χ0v) is 9.19. The van der Waals surface area contributed by atoms with Gasteiger partial charge in [-0.3, -0.25) is 0 Å². The third-order valence-electron chi connectivity index (χ3n) is 2.60. The Morgan fingerprint density at radius 1 is 1.22 bits per heavy atom. The molecule has 6 nitrogen and oxygen atoms in total. The van der Waals surface area contributed by atoms with Gasteiger partial charge in [0.25, 0.3) is 0 Å². The van der Waals surface area contributed by atoms with E-state index in [1.165, 1.54) is 17.2 Å². The van der Waals surface area contributed by atoms with E-state index in [0.717, 1.165) is 10.9 Å². The van der Waals surface area contributed by atoms with Crippen molar-refractivity contribution in [2.24, 2.45) is 0 Å². The van der Waals surface area contributed by atoms with E-state index < -0.39 is 5.97 Å². The average Bonchev–Trinajstić information content (AvgIpc) is 2.82. The predicted octanol–water partition coefficient (Wildman–Crippen LogP) is 1.51. The van der Waals surface area contributed by atoms with Crippen molar-refractivity contribution < 1.29 is 9.90 Å². The number of carboxylic acids is 1. The van der Waals surface area contributed by atoms with Crippen LogP contribution in [-0.2, 0) is 0 Å². The van der Waals surface area contributed by atoms with Crippen LogP contribution in [0.4, 0.5) is 0 Å². The van der Waals surface area contributed by atoms with Gasteiger partial charge in [-0.1, -0.05) is 18.2 Å². The molecule has 0 aliphatic heterocycles. The number of benzene rings is 1. The van der Waals surface area contributed by atoms with Crippen molar-refractivity contribution in [3.8, 4) is 5.82 Å². The topological polar surface area (TPSA) is 80.9 Å². The molecule has 0 unspecified atom stereocenters. The molecule has 0 saturated heterocycles. The Labute approximate surface area is 102 Å². The molecule has 0 spiro atoms. The first-order valence-corrected chi connectivity index (χ1v) is 5.24. The maximum Gasteiger partial charge on any atom is 0.341 e. The lowest BCUT2D eigenvalue weighted by molar-refractivity contribution is 0.0696. The van der Waals surface area contributed by atoms with Gasteiger partial charge in [-0.25, -0.2) is 19.4 Å². The van der Waals surface area contributed by atoms with Crippen LogP contribution in [0.2, 0.25) is 0 Å². The Morgan fingerprint density at radius 3 is 2.89 bits per heavy atom. The third-order valence-corrected chi connectivity index (χ3v) is 2.60. The van der Waals surface area contributed by atoms with E-state index in [1.54, 1.807) is 6.20 Å². The van der Waals surface area contributed by atoms with Gasteiger partial charge in [0.05, 0.1) is 11.7 Å². The first kappa shape index (κ1) is 10.4. The molecule has 0 radical (unpaired) electrons. The maximum atomic E-state index is 11.1. The number of nitrogens with zero attached hydrogens (tertiary/aromatic N) is 4. The Kier molecular flexibility index (Phi) is 2.26. The molecule has 0 aliphatic carbocycles. The highest BCUT2D eigenvalue weighted by molar-refractivity contribution is 5.91. The molecule has 3 rings (SSSR count). The van der Waals surface area contributed by atoms with Crippen LogP contribution in [0.5, 0.6) is 0 Å². The van der Waals surface area contributed by atoms with Gasteiger partial charge in [0.2, 0.25) is 0 Å². The van der Waals surface area contributed by atoms with Gasteiger partial charge in [-0.2, -0.15) is 5.10 Å². The van der Waals surface area contributed by atoms with E-state index in [9.17, 15) is 4.79 Å². The summed E-state index contributed by atoms with van der Waals surface area (Å²) in [5, 5.41) is 14.2. The van der Waals surface area contributed by atoms with Gasteiger partial charge in [-0.05, 0) is 6.07 Å². The number of aromatic carboxylic acids is 1. The van der Waals surface area contributed by atoms with Crippen LogP contribution in [0.15, 0.2) is 43.0 Å². The number of para-hydroxylation sites is 1. The fourth-order valence-electron chi connectivity index (χ4n) is 1.78. The van der Waals surface area contributed by atoms with Gasteiger partial charge in [0, 0.05) is 11.6 Å². The van der Waals surface area contributed by atoms with Crippen molar-refractivity contribution in [3.05, 3.63) is 48.5 Å². The fourth-order valence-corrected chi connectivity index (χ4v) is 1.78. The normalized spacial score (nSPS) is 10.7. The number of carbonyl (C=O) groups is 1. The van der Waals surface area contributed by atoms with Crippen LogP contribution in [0.1, 0.15) is 10.4 Å². The minimum atomic E-state index is -1.08. The molecule has 0 amide bonds. The lowest BCUT2D eigenvalue weighted by Crippen LogP contribution is -2.09. The van der Waals surface area contributed by atoms with E-state index in [-0.39, 0.29) is 11.4 Å². The summed E-state index contributed by atoms with van der Waals surface area (Å²) in [6.45, 7) is 0. The van der Waals surface area contributed by atoms with Gasteiger partial charge < -0.3 is 5.11 Å². The average molecular weight is 240 g/mol. The smallest absolute Gasteiger partial charge is 0.341 e. The molecule has 88 valence electrons. The van der Waals surface area contributed by atoms with Crippen LogP contribution >= 0.6 is 0 Å². The predicted molar refractivity (Wildman–Crippen MR) is 63.6 cm³/mol. The molecule has 0 saturated carbocycles. The van der Waals surface area contributed by atoms with Gasteiger partial charge >= 0.3 is 5.97 Å². The molecule has 2 heterocycles. The molecule has 3 aromatic rings. The zero-order chi connectivity index (χ0) is 12.5. The number of fused-ring (bicyclic) bond motifs is 1. The molecule has 18 heavy (non-hydrogen) atoms. The first-order valence-electron chi connectivity index (χ1n) is 5.24. The fraction of sp³-hybridized carbons (Fsp3) is 0. The monoisotopic (exact) mass is 240 g/mol. The van der Waals surface area contributed by atoms with E-state index in [2.05, 4.69) is 15.1 Å². The molecule has 2 aromatic heterocycles. The Bertz CT molecular complexity index is 736. The van der Waals surface area contributed by atoms with E-state index >= 15 is 0 Å². The highest BCUT2D eigenvalue weighted by Crippen LogP contribution is 2.18. The highest BCUT2D eigenvalue weighted by Gasteiger charge is 2.15. The van der Waals surface area contributed by atoms with E-state index in [0.29, 0.717) is 0 Å². The van der Waals surface area contributed by atoms with Gasteiger partial charge in [-0.15, -0.1) is 0 Å². The molecule has 0 fully saturated rings.